The molecule has 0 aromatic heterocycles. The predicted octanol–water partition coefficient (Wildman–Crippen LogP) is 14.9. The summed E-state index contributed by atoms with van der Waals surface area (Å²) < 4.78 is 16.6. The summed E-state index contributed by atoms with van der Waals surface area (Å²) in [4.78, 5) is 37.6. The Hall–Kier alpha value is -3.41. The van der Waals surface area contributed by atoms with E-state index in [0.717, 1.165) is 122 Å². The number of hydrogen-bond acceptors (Lipinski definition) is 6. The van der Waals surface area contributed by atoms with E-state index in [2.05, 4.69) is 106 Å². The monoisotopic (exact) mass is 793 g/mol. The molecule has 0 spiro atoms. The minimum absolute atomic E-state index is 0.0939. The van der Waals surface area contributed by atoms with Gasteiger partial charge in [-0.25, -0.2) is 0 Å². The maximum absolute atomic E-state index is 12.7. The second-order valence-corrected chi connectivity index (χ2v) is 14.9. The molecular weight excluding hydrogens is 709 g/mol. The summed E-state index contributed by atoms with van der Waals surface area (Å²) in [6, 6.07) is 0. The summed E-state index contributed by atoms with van der Waals surface area (Å²) in [6.45, 7) is 6.31. The summed E-state index contributed by atoms with van der Waals surface area (Å²) in [5.74, 6) is -0.952. The number of carbonyl (C=O) groups is 3. The number of unbranched alkanes of at least 4 members (excludes halogenated alkanes) is 15. The first-order chi connectivity index (χ1) is 28.0. The molecule has 0 rings (SSSR count). The summed E-state index contributed by atoms with van der Waals surface area (Å²) in [7, 11) is 0. The Morgan fingerprint density at radius 3 is 1.09 bits per heavy atom. The number of esters is 3. The standard InChI is InChI=1S/C51H84O6/c1-4-7-10-13-16-18-20-22-23-24-25-26-27-29-30-32-35-38-41-44-50(53)56-47-48(46-55-49(52)43-40-37-34-15-12-9-6-3)57-51(54)45-42-39-36-33-31-28-21-19-17-14-11-8-5-2/h7-8,10-11,16-19,22-23,25-26,28,31,48H,4-6,9,12-15,20-21,24,27,29-30,32-47H2,1-3H3/b10-7-,11-8-,18-16-,19-17-,23-22-,26-25-,31-28-. The van der Waals surface area contributed by atoms with Crippen LogP contribution in [0.5, 0.6) is 0 Å². The van der Waals surface area contributed by atoms with Gasteiger partial charge in [-0.2, -0.15) is 0 Å². The van der Waals surface area contributed by atoms with Gasteiger partial charge in [0.1, 0.15) is 13.2 Å². The number of allylic oxidation sites excluding steroid dienone is 14. The van der Waals surface area contributed by atoms with E-state index in [0.29, 0.717) is 12.8 Å². The molecule has 0 amide bonds. The van der Waals surface area contributed by atoms with Crippen molar-refractivity contribution < 1.29 is 28.6 Å². The van der Waals surface area contributed by atoms with Crippen LogP contribution in [0.25, 0.3) is 0 Å². The summed E-state index contributed by atoms with van der Waals surface area (Å²) in [6.07, 6.45) is 57.2. The van der Waals surface area contributed by atoms with Gasteiger partial charge in [0.15, 0.2) is 6.10 Å². The molecular formula is C51H84O6. The Morgan fingerprint density at radius 1 is 0.368 bits per heavy atom. The Morgan fingerprint density at radius 2 is 0.684 bits per heavy atom. The first kappa shape index (κ1) is 53.6. The van der Waals surface area contributed by atoms with Gasteiger partial charge in [-0.15, -0.1) is 0 Å². The second kappa shape index (κ2) is 45.3. The molecule has 0 N–H and O–H groups in total. The molecule has 0 bridgehead atoms. The quantitative estimate of drug-likeness (QED) is 0.0266. The van der Waals surface area contributed by atoms with Crippen LogP contribution in [0.2, 0.25) is 0 Å². The van der Waals surface area contributed by atoms with E-state index in [9.17, 15) is 14.4 Å². The van der Waals surface area contributed by atoms with Crippen molar-refractivity contribution in [1.29, 1.82) is 0 Å². The summed E-state index contributed by atoms with van der Waals surface area (Å²) >= 11 is 0. The van der Waals surface area contributed by atoms with Crippen molar-refractivity contribution in [3.05, 3.63) is 85.1 Å². The van der Waals surface area contributed by atoms with Gasteiger partial charge in [-0.1, -0.05) is 176 Å². The highest BCUT2D eigenvalue weighted by Gasteiger charge is 2.19. The van der Waals surface area contributed by atoms with Gasteiger partial charge in [0.25, 0.3) is 0 Å². The average molecular weight is 793 g/mol. The van der Waals surface area contributed by atoms with E-state index in [-0.39, 0.29) is 37.5 Å². The molecule has 0 saturated heterocycles. The van der Waals surface area contributed by atoms with Gasteiger partial charge in [-0.05, 0) is 89.9 Å². The average Bonchev–Trinajstić information content (AvgIpc) is 3.21. The van der Waals surface area contributed by atoms with Crippen molar-refractivity contribution in [1.82, 2.24) is 0 Å². The van der Waals surface area contributed by atoms with E-state index in [1.165, 1.54) is 38.5 Å². The molecule has 57 heavy (non-hydrogen) atoms. The number of ether oxygens (including phenoxy) is 3. The van der Waals surface area contributed by atoms with Gasteiger partial charge in [0.2, 0.25) is 0 Å². The highest BCUT2D eigenvalue weighted by atomic mass is 16.6. The fraction of sp³-hybridized carbons (Fsp3) is 0.667. The Balaban J connectivity index is 4.35. The molecule has 0 heterocycles. The molecule has 0 fully saturated rings. The van der Waals surface area contributed by atoms with E-state index in [4.69, 9.17) is 14.2 Å². The number of hydrogen-bond donors (Lipinski definition) is 0. The Bertz CT molecular complexity index is 1140. The van der Waals surface area contributed by atoms with Gasteiger partial charge in [-0.3, -0.25) is 14.4 Å². The lowest BCUT2D eigenvalue weighted by molar-refractivity contribution is -0.167. The van der Waals surface area contributed by atoms with E-state index >= 15 is 0 Å². The fourth-order valence-corrected chi connectivity index (χ4v) is 5.97. The van der Waals surface area contributed by atoms with Crippen molar-refractivity contribution in [2.75, 3.05) is 13.2 Å². The van der Waals surface area contributed by atoms with Crippen molar-refractivity contribution >= 4 is 17.9 Å². The van der Waals surface area contributed by atoms with Crippen LogP contribution < -0.4 is 0 Å². The largest absolute Gasteiger partial charge is 0.462 e. The van der Waals surface area contributed by atoms with E-state index < -0.39 is 6.10 Å². The third kappa shape index (κ3) is 43.6. The molecule has 6 nitrogen and oxygen atoms in total. The van der Waals surface area contributed by atoms with Gasteiger partial charge >= 0.3 is 17.9 Å². The van der Waals surface area contributed by atoms with Crippen LogP contribution in [-0.2, 0) is 28.6 Å². The molecule has 1 unspecified atom stereocenters. The summed E-state index contributed by atoms with van der Waals surface area (Å²) in [5.41, 5.74) is 0. The van der Waals surface area contributed by atoms with Crippen molar-refractivity contribution in [2.24, 2.45) is 0 Å². The molecule has 0 radical (unpaired) electrons. The molecule has 0 aromatic rings. The molecule has 0 aliphatic carbocycles. The normalized spacial score (nSPS) is 12.8. The first-order valence-corrected chi connectivity index (χ1v) is 23.1. The summed E-state index contributed by atoms with van der Waals surface area (Å²) in [5, 5.41) is 0. The third-order valence-electron chi connectivity index (χ3n) is 9.40. The molecule has 0 saturated carbocycles. The van der Waals surface area contributed by atoms with Crippen LogP contribution >= 0.6 is 0 Å². The van der Waals surface area contributed by atoms with E-state index in [1.54, 1.807) is 0 Å². The molecule has 0 aliphatic rings. The highest BCUT2D eigenvalue weighted by Crippen LogP contribution is 2.13. The van der Waals surface area contributed by atoms with Gasteiger partial charge < -0.3 is 14.2 Å². The smallest absolute Gasteiger partial charge is 0.306 e. The second-order valence-electron chi connectivity index (χ2n) is 14.9. The van der Waals surface area contributed by atoms with Gasteiger partial charge in [0, 0.05) is 19.3 Å². The number of carbonyl (C=O) groups excluding carboxylic acids is 3. The minimum atomic E-state index is -0.793. The number of rotatable bonds is 40. The van der Waals surface area contributed by atoms with Crippen molar-refractivity contribution in [3.8, 4) is 0 Å². The molecule has 0 aromatic carbocycles. The predicted molar refractivity (Wildman–Crippen MR) is 242 cm³/mol. The van der Waals surface area contributed by atoms with Crippen molar-refractivity contribution in [2.45, 2.75) is 207 Å². The maximum atomic E-state index is 12.7. The van der Waals surface area contributed by atoms with Crippen LogP contribution in [-0.4, -0.2) is 37.2 Å². The lowest BCUT2D eigenvalue weighted by atomic mass is 10.1. The zero-order valence-corrected chi connectivity index (χ0v) is 36.8. The third-order valence-corrected chi connectivity index (χ3v) is 9.40. The lowest BCUT2D eigenvalue weighted by Gasteiger charge is -2.18. The zero-order chi connectivity index (χ0) is 41.5. The van der Waals surface area contributed by atoms with E-state index in [1.807, 2.05) is 0 Å². The highest BCUT2D eigenvalue weighted by molar-refractivity contribution is 5.71. The fourth-order valence-electron chi connectivity index (χ4n) is 5.97. The first-order valence-electron chi connectivity index (χ1n) is 23.1. The zero-order valence-electron chi connectivity index (χ0n) is 36.8. The molecule has 1 atom stereocenters. The van der Waals surface area contributed by atoms with Crippen LogP contribution in [0, 0.1) is 0 Å². The Labute approximate surface area is 350 Å². The van der Waals surface area contributed by atoms with Crippen molar-refractivity contribution in [3.63, 3.8) is 0 Å². The molecule has 0 aliphatic heterocycles. The van der Waals surface area contributed by atoms with Gasteiger partial charge in [0.05, 0.1) is 0 Å². The molecule has 324 valence electrons. The minimum Gasteiger partial charge on any atom is -0.462 e. The van der Waals surface area contributed by atoms with Crippen LogP contribution in [0.15, 0.2) is 85.1 Å². The van der Waals surface area contributed by atoms with Crippen LogP contribution in [0.4, 0.5) is 0 Å². The maximum Gasteiger partial charge on any atom is 0.306 e. The SMILES string of the molecule is CC/C=C\C/C=C\C/C=C\C/C=C\CCCCCCCCC(=O)OCC(COC(=O)CCCCCCCCC)OC(=O)CCCCC/C=C\C/C=C\C/C=C\CC. The van der Waals surface area contributed by atoms with Crippen LogP contribution in [0.3, 0.4) is 0 Å². The Kier molecular flexibility index (Phi) is 42.6. The topological polar surface area (TPSA) is 78.9 Å². The lowest BCUT2D eigenvalue weighted by Crippen LogP contribution is -2.30. The molecule has 6 heteroatoms. The van der Waals surface area contributed by atoms with Crippen LogP contribution in [0.1, 0.15) is 201 Å².